The Morgan fingerprint density at radius 3 is 2.29 bits per heavy atom. The van der Waals surface area contributed by atoms with Gasteiger partial charge in [0.15, 0.2) is 11.6 Å². The second kappa shape index (κ2) is 17.4. The Hall–Kier alpha value is -5.60. The van der Waals surface area contributed by atoms with Crippen LogP contribution in [0.3, 0.4) is 0 Å². The van der Waals surface area contributed by atoms with E-state index >= 15 is 0 Å². The van der Waals surface area contributed by atoms with Crippen molar-refractivity contribution in [2.75, 3.05) is 19.0 Å². The topological polar surface area (TPSA) is 145 Å². The normalized spacial score (nSPS) is 13.0. The lowest BCUT2D eigenvalue weighted by molar-refractivity contribution is -0.138. The maximum atomic E-state index is 14.0. The van der Waals surface area contributed by atoms with Crippen LogP contribution in [0.25, 0.3) is 0 Å². The number of amides is 3. The van der Waals surface area contributed by atoms with E-state index in [9.17, 15) is 22.8 Å². The van der Waals surface area contributed by atoms with E-state index in [1.54, 1.807) is 47.8 Å². The second-order valence-electron chi connectivity index (χ2n) is 12.1. The minimum absolute atomic E-state index is 0.126. The Morgan fingerprint density at radius 1 is 1.02 bits per heavy atom. The molecule has 3 aromatic rings. The number of hydrogen-bond donors (Lipinski definition) is 3. The highest BCUT2D eigenvalue weighted by Gasteiger charge is 2.35. The molecule has 1 heterocycles. The van der Waals surface area contributed by atoms with Crippen LogP contribution in [0.4, 0.5) is 28.4 Å². The highest BCUT2D eigenvalue weighted by Crippen LogP contribution is 2.36. The number of allylic oxidation sites excluding steroid dienone is 2. The highest BCUT2D eigenvalue weighted by atomic mass is 19.4. The lowest BCUT2D eigenvalue weighted by atomic mass is 10.00. The van der Waals surface area contributed by atoms with E-state index in [-0.39, 0.29) is 35.3 Å². The van der Waals surface area contributed by atoms with E-state index in [0.717, 1.165) is 17.4 Å². The molecular formula is C36H43F3N6O6. The predicted molar refractivity (Wildman–Crippen MR) is 189 cm³/mol. The predicted octanol–water partition coefficient (Wildman–Crippen LogP) is 8.19. The minimum Gasteiger partial charge on any atom is -0.497 e. The summed E-state index contributed by atoms with van der Waals surface area (Å²) in [6.07, 6.45) is -4.15. The van der Waals surface area contributed by atoms with Crippen LogP contribution in [0.1, 0.15) is 76.8 Å². The standard InChI is InChI=1S/C36H43F3N6O6/c1-10-49-30-17-25(19-41-32(30)50-20-24-11-14-27(48-9)15-12-24)31(40-8)42-21(2)22(3)43-33(46)45-26-13-16-28(29(18-26)36(37,38)39)23(4)44-34(47)51-35(5,6)7/h11-19,23H,8,10,20H2,1-7,9H3,(H,44,47)(H2,43,45,46)/b22-21+,42-31-. The van der Waals surface area contributed by atoms with Crippen molar-refractivity contribution in [2.24, 2.45) is 9.98 Å². The van der Waals surface area contributed by atoms with Gasteiger partial charge in [-0.3, -0.25) is 0 Å². The number of alkyl carbamates (subject to hydrolysis) is 1. The number of nitrogens with one attached hydrogen (secondary N) is 3. The number of amidine groups is 1. The number of aliphatic imine (C=N–C) groups is 2. The van der Waals surface area contributed by atoms with E-state index in [4.69, 9.17) is 18.9 Å². The van der Waals surface area contributed by atoms with Crippen molar-refractivity contribution in [3.05, 3.63) is 88.4 Å². The summed E-state index contributed by atoms with van der Waals surface area (Å²) in [6, 6.07) is 10.5. The number of nitrogens with zero attached hydrogens (tertiary/aromatic N) is 3. The molecule has 51 heavy (non-hydrogen) atoms. The largest absolute Gasteiger partial charge is 0.497 e. The summed E-state index contributed by atoms with van der Waals surface area (Å²) in [6.45, 7) is 15.5. The Balaban J connectivity index is 1.75. The van der Waals surface area contributed by atoms with Crippen LogP contribution < -0.4 is 30.2 Å². The van der Waals surface area contributed by atoms with Gasteiger partial charge >= 0.3 is 18.3 Å². The second-order valence-corrected chi connectivity index (χ2v) is 12.1. The van der Waals surface area contributed by atoms with Gasteiger partial charge in [0.2, 0.25) is 0 Å². The molecule has 1 aromatic heterocycles. The monoisotopic (exact) mass is 712 g/mol. The maximum absolute atomic E-state index is 14.0. The summed E-state index contributed by atoms with van der Waals surface area (Å²) in [5, 5.41) is 7.39. The molecule has 3 amide bonds. The number of carbonyl (C=O) groups is 2. The number of hydrogen-bond acceptors (Lipinski definition) is 8. The van der Waals surface area contributed by atoms with Crippen molar-refractivity contribution >= 4 is 30.4 Å². The first-order valence-electron chi connectivity index (χ1n) is 15.8. The molecule has 274 valence electrons. The molecule has 0 fully saturated rings. The lowest BCUT2D eigenvalue weighted by Crippen LogP contribution is -2.34. The maximum Gasteiger partial charge on any atom is 0.416 e. The zero-order valence-electron chi connectivity index (χ0n) is 29.8. The van der Waals surface area contributed by atoms with Crippen LogP contribution in [0.5, 0.6) is 17.4 Å². The van der Waals surface area contributed by atoms with Crippen molar-refractivity contribution in [2.45, 2.75) is 72.9 Å². The SMILES string of the molecule is C=N/C(=N\C(C)=C(/C)NC(=O)Nc1ccc(C(C)NC(=O)OC(C)(C)C)c(C(F)(F)F)c1)c1cnc(OCc2ccc(OC)cc2)c(OCC)c1. The van der Waals surface area contributed by atoms with Crippen molar-refractivity contribution in [3.63, 3.8) is 0 Å². The molecule has 0 aliphatic rings. The lowest BCUT2D eigenvalue weighted by Gasteiger charge is -2.24. The van der Waals surface area contributed by atoms with Crippen LogP contribution in [0, 0.1) is 0 Å². The van der Waals surface area contributed by atoms with E-state index in [1.807, 2.05) is 31.2 Å². The molecule has 3 N–H and O–H groups in total. The molecule has 12 nitrogen and oxygen atoms in total. The van der Waals surface area contributed by atoms with Crippen molar-refractivity contribution < 1.29 is 41.7 Å². The molecule has 0 aliphatic heterocycles. The van der Waals surface area contributed by atoms with E-state index in [2.05, 4.69) is 37.6 Å². The van der Waals surface area contributed by atoms with Gasteiger partial charge in [-0.05, 0) is 96.6 Å². The number of methoxy groups -OCH3 is 1. The summed E-state index contributed by atoms with van der Waals surface area (Å²) < 4.78 is 64.1. The third-order valence-electron chi connectivity index (χ3n) is 6.99. The fourth-order valence-corrected chi connectivity index (χ4v) is 4.47. The van der Waals surface area contributed by atoms with Crippen LogP contribution in [0.15, 0.2) is 76.1 Å². The molecule has 2 aromatic carbocycles. The average Bonchev–Trinajstić information content (AvgIpc) is 3.05. The summed E-state index contributed by atoms with van der Waals surface area (Å²) in [5.41, 5.74) is -0.224. The van der Waals surface area contributed by atoms with Gasteiger partial charge in [-0.15, -0.1) is 0 Å². The number of urea groups is 1. The van der Waals surface area contributed by atoms with Gasteiger partial charge in [-0.2, -0.15) is 13.2 Å². The fourth-order valence-electron chi connectivity index (χ4n) is 4.47. The Labute approximate surface area is 295 Å². The van der Waals surface area contributed by atoms with Crippen molar-refractivity contribution in [1.82, 2.24) is 15.6 Å². The Morgan fingerprint density at radius 2 is 1.71 bits per heavy atom. The molecule has 0 spiro atoms. The molecular weight excluding hydrogens is 669 g/mol. The fraction of sp³-hybridized carbons (Fsp3) is 0.361. The molecule has 3 rings (SSSR count). The zero-order chi connectivity index (χ0) is 37.9. The molecule has 0 aliphatic carbocycles. The third kappa shape index (κ3) is 12.0. The van der Waals surface area contributed by atoms with Crippen molar-refractivity contribution in [3.8, 4) is 17.4 Å². The van der Waals surface area contributed by atoms with E-state index in [1.165, 1.54) is 25.3 Å². The van der Waals surface area contributed by atoms with Gasteiger partial charge in [0.05, 0.1) is 31.0 Å². The molecule has 0 bridgehead atoms. The molecule has 0 saturated heterocycles. The van der Waals surface area contributed by atoms with Gasteiger partial charge in [0.25, 0.3) is 5.88 Å². The van der Waals surface area contributed by atoms with Crippen LogP contribution in [-0.4, -0.2) is 49.0 Å². The first-order chi connectivity index (χ1) is 23.9. The quantitative estimate of drug-likeness (QED) is 0.127. The Bertz CT molecular complexity index is 1770. The van der Waals surface area contributed by atoms with Crippen LogP contribution >= 0.6 is 0 Å². The third-order valence-corrected chi connectivity index (χ3v) is 6.99. The highest BCUT2D eigenvalue weighted by molar-refractivity contribution is 6.02. The smallest absolute Gasteiger partial charge is 0.416 e. The van der Waals surface area contributed by atoms with Gasteiger partial charge in [0, 0.05) is 23.1 Å². The van der Waals surface area contributed by atoms with Crippen molar-refractivity contribution in [1.29, 1.82) is 0 Å². The van der Waals surface area contributed by atoms with Gasteiger partial charge in [-0.25, -0.2) is 24.6 Å². The number of ether oxygens (including phenoxy) is 4. The molecule has 1 atom stereocenters. The number of rotatable bonds is 12. The molecule has 1 unspecified atom stereocenters. The number of alkyl halides is 3. The summed E-state index contributed by atoms with van der Waals surface area (Å²) in [4.78, 5) is 37.8. The first kappa shape index (κ1) is 39.8. The van der Waals surface area contributed by atoms with Gasteiger partial charge in [0.1, 0.15) is 18.0 Å². The zero-order valence-corrected chi connectivity index (χ0v) is 29.8. The van der Waals surface area contributed by atoms with E-state index in [0.29, 0.717) is 23.6 Å². The van der Waals surface area contributed by atoms with Gasteiger partial charge < -0.3 is 34.9 Å². The van der Waals surface area contributed by atoms with Crippen LogP contribution in [0.2, 0.25) is 0 Å². The first-order valence-corrected chi connectivity index (χ1v) is 15.8. The number of benzene rings is 2. The molecule has 15 heteroatoms. The number of anilines is 1. The summed E-state index contributed by atoms with van der Waals surface area (Å²) in [5.74, 6) is 1.51. The number of carbonyl (C=O) groups excluding carboxylic acids is 2. The number of pyridine rings is 1. The minimum atomic E-state index is -4.78. The molecule has 0 radical (unpaired) electrons. The summed E-state index contributed by atoms with van der Waals surface area (Å²) in [7, 11) is 1.59. The molecule has 0 saturated carbocycles. The number of aromatic nitrogens is 1. The average molecular weight is 713 g/mol. The summed E-state index contributed by atoms with van der Waals surface area (Å²) >= 11 is 0. The van der Waals surface area contributed by atoms with Crippen LogP contribution in [-0.2, 0) is 17.5 Å². The van der Waals surface area contributed by atoms with E-state index < -0.39 is 35.5 Å². The van der Waals surface area contributed by atoms with Gasteiger partial charge in [-0.1, -0.05) is 18.2 Å². The number of halogens is 3. The Kier molecular flexibility index (Phi) is 13.6.